The van der Waals surface area contributed by atoms with Crippen molar-refractivity contribution in [1.29, 1.82) is 0 Å². The lowest BCUT2D eigenvalue weighted by molar-refractivity contribution is -0.136. The van der Waals surface area contributed by atoms with Crippen molar-refractivity contribution in [2.75, 3.05) is 13.2 Å². The molecule has 7 nitrogen and oxygen atoms in total. The number of benzene rings is 1. The number of hydrogen-bond donors (Lipinski definition) is 3. The molecule has 0 fully saturated rings. The van der Waals surface area contributed by atoms with Gasteiger partial charge in [0.25, 0.3) is 5.91 Å². The first kappa shape index (κ1) is 18.9. The van der Waals surface area contributed by atoms with E-state index in [2.05, 4.69) is 10.8 Å². The minimum atomic E-state index is -0.968. The summed E-state index contributed by atoms with van der Waals surface area (Å²) in [6.45, 7) is 6.77. The van der Waals surface area contributed by atoms with E-state index in [0.717, 1.165) is 5.56 Å². The first-order valence-corrected chi connectivity index (χ1v) is 7.32. The minimum absolute atomic E-state index is 0.0430. The number of hydrogen-bond acceptors (Lipinski definition) is 5. The van der Waals surface area contributed by atoms with E-state index >= 15 is 0 Å². The van der Waals surface area contributed by atoms with Gasteiger partial charge >= 0.3 is 6.09 Å². The summed E-state index contributed by atoms with van der Waals surface area (Å²) in [6, 6.07) is 6.21. The van der Waals surface area contributed by atoms with Gasteiger partial charge in [-0.25, -0.2) is 10.3 Å². The van der Waals surface area contributed by atoms with E-state index in [-0.39, 0.29) is 13.2 Å². The van der Waals surface area contributed by atoms with Gasteiger partial charge in [-0.3, -0.25) is 9.63 Å². The Morgan fingerprint density at radius 1 is 1.26 bits per heavy atom. The molecule has 7 heteroatoms. The Morgan fingerprint density at radius 2 is 1.91 bits per heavy atom. The van der Waals surface area contributed by atoms with Gasteiger partial charge < -0.3 is 15.2 Å². The molecular weight excluding hydrogens is 300 g/mol. The largest absolute Gasteiger partial charge is 0.444 e. The van der Waals surface area contributed by atoms with Crippen LogP contribution in [0.1, 0.15) is 37.9 Å². The molecule has 0 aromatic heterocycles. The summed E-state index contributed by atoms with van der Waals surface area (Å²) in [5, 5.41) is 11.2. The van der Waals surface area contributed by atoms with Gasteiger partial charge in [0.05, 0.1) is 13.2 Å². The number of carbonyl (C=O) groups excluding carboxylic acids is 2. The van der Waals surface area contributed by atoms with Crippen LogP contribution in [-0.2, 0) is 14.4 Å². The van der Waals surface area contributed by atoms with Gasteiger partial charge in [0.2, 0.25) is 0 Å². The van der Waals surface area contributed by atoms with E-state index in [1.165, 1.54) is 0 Å². The number of aliphatic hydroxyl groups is 1. The summed E-state index contributed by atoms with van der Waals surface area (Å²) < 4.78 is 5.19. The second-order valence-electron chi connectivity index (χ2n) is 5.97. The Labute approximate surface area is 135 Å². The minimum Gasteiger partial charge on any atom is -0.444 e. The van der Waals surface area contributed by atoms with Crippen molar-refractivity contribution in [2.45, 2.75) is 39.3 Å². The van der Waals surface area contributed by atoms with Crippen LogP contribution in [0.15, 0.2) is 24.3 Å². The fraction of sp³-hybridized carbons (Fsp3) is 0.500. The van der Waals surface area contributed by atoms with Crippen molar-refractivity contribution in [3.05, 3.63) is 35.4 Å². The fourth-order valence-electron chi connectivity index (χ4n) is 1.85. The van der Waals surface area contributed by atoms with E-state index in [4.69, 9.17) is 14.7 Å². The Balaban J connectivity index is 2.91. The summed E-state index contributed by atoms with van der Waals surface area (Å²) in [6.07, 6.45) is -0.705. The predicted molar refractivity (Wildman–Crippen MR) is 84.5 cm³/mol. The zero-order valence-electron chi connectivity index (χ0n) is 13.9. The van der Waals surface area contributed by atoms with Crippen LogP contribution in [0.2, 0.25) is 0 Å². The van der Waals surface area contributed by atoms with Crippen LogP contribution in [0.4, 0.5) is 4.79 Å². The topological polar surface area (TPSA) is 96.9 Å². The van der Waals surface area contributed by atoms with Gasteiger partial charge in [-0.2, -0.15) is 0 Å². The maximum Gasteiger partial charge on any atom is 0.408 e. The molecule has 0 spiro atoms. The standard InChI is InChI=1S/C16H24N2O5/c1-11-7-5-6-8-12(11)13(14(20)18-22-10-9-19)17-15(21)23-16(2,3)4/h5-8,13,19H,9-10H2,1-4H3,(H,17,21)(H,18,20)/t13-/m1/s1. The van der Waals surface area contributed by atoms with Crippen molar-refractivity contribution >= 4 is 12.0 Å². The molecule has 0 unspecified atom stereocenters. The molecule has 23 heavy (non-hydrogen) atoms. The highest BCUT2D eigenvalue weighted by molar-refractivity contribution is 5.86. The lowest BCUT2D eigenvalue weighted by atomic mass is 10.0. The normalized spacial score (nSPS) is 12.4. The van der Waals surface area contributed by atoms with Crippen LogP contribution in [-0.4, -0.2) is 35.9 Å². The molecule has 128 valence electrons. The van der Waals surface area contributed by atoms with Crippen LogP contribution in [0.3, 0.4) is 0 Å². The SMILES string of the molecule is Cc1ccccc1[C@@H](NC(=O)OC(C)(C)C)C(=O)NOCCO. The number of alkyl carbamates (subject to hydrolysis) is 1. The Morgan fingerprint density at radius 3 is 2.48 bits per heavy atom. The summed E-state index contributed by atoms with van der Waals surface area (Å²) in [5.41, 5.74) is 3.00. The Hall–Kier alpha value is -2.12. The van der Waals surface area contributed by atoms with Crippen molar-refractivity contribution in [1.82, 2.24) is 10.8 Å². The molecule has 1 aromatic rings. The third-order valence-corrected chi connectivity index (χ3v) is 2.79. The van der Waals surface area contributed by atoms with E-state index in [0.29, 0.717) is 5.56 Å². The molecule has 1 atom stereocenters. The van der Waals surface area contributed by atoms with Gasteiger partial charge in [0.1, 0.15) is 11.6 Å². The number of hydroxylamine groups is 1. The summed E-state index contributed by atoms with van der Waals surface area (Å²) in [7, 11) is 0. The number of amides is 2. The Kier molecular flexibility index (Phi) is 6.99. The zero-order valence-corrected chi connectivity index (χ0v) is 13.9. The maximum atomic E-state index is 12.3. The summed E-state index contributed by atoms with van der Waals surface area (Å²) in [4.78, 5) is 29.1. The molecule has 1 rings (SSSR count). The van der Waals surface area contributed by atoms with E-state index in [9.17, 15) is 9.59 Å². The van der Waals surface area contributed by atoms with E-state index in [1.54, 1.807) is 32.9 Å². The molecule has 0 radical (unpaired) electrons. The number of rotatable bonds is 6. The lowest BCUT2D eigenvalue weighted by Gasteiger charge is -2.24. The molecule has 0 heterocycles. The first-order chi connectivity index (χ1) is 10.7. The highest BCUT2D eigenvalue weighted by Crippen LogP contribution is 2.19. The highest BCUT2D eigenvalue weighted by atomic mass is 16.7. The van der Waals surface area contributed by atoms with Gasteiger partial charge in [0, 0.05) is 0 Å². The van der Waals surface area contributed by atoms with Crippen molar-refractivity contribution in [3.63, 3.8) is 0 Å². The number of nitrogens with one attached hydrogen (secondary N) is 2. The fourth-order valence-corrected chi connectivity index (χ4v) is 1.85. The summed E-state index contributed by atoms with van der Waals surface area (Å²) >= 11 is 0. The molecule has 0 aliphatic carbocycles. The van der Waals surface area contributed by atoms with Crippen LogP contribution < -0.4 is 10.8 Å². The molecule has 0 aliphatic rings. The van der Waals surface area contributed by atoms with Gasteiger partial charge in [-0.15, -0.1) is 0 Å². The second kappa shape index (κ2) is 8.50. The third kappa shape index (κ3) is 6.66. The Bertz CT molecular complexity index is 540. The van der Waals surface area contributed by atoms with E-state index in [1.807, 2.05) is 19.1 Å². The quantitative estimate of drug-likeness (QED) is 0.545. The van der Waals surface area contributed by atoms with Crippen molar-refractivity contribution in [2.24, 2.45) is 0 Å². The number of carbonyl (C=O) groups is 2. The molecule has 0 bridgehead atoms. The van der Waals surface area contributed by atoms with Crippen molar-refractivity contribution in [3.8, 4) is 0 Å². The van der Waals surface area contributed by atoms with Crippen LogP contribution >= 0.6 is 0 Å². The summed E-state index contributed by atoms with van der Waals surface area (Å²) in [5.74, 6) is -0.557. The van der Waals surface area contributed by atoms with Crippen LogP contribution in [0.5, 0.6) is 0 Å². The maximum absolute atomic E-state index is 12.3. The molecule has 3 N–H and O–H groups in total. The van der Waals surface area contributed by atoms with Crippen molar-refractivity contribution < 1.29 is 24.3 Å². The van der Waals surface area contributed by atoms with Gasteiger partial charge in [-0.05, 0) is 38.8 Å². The molecule has 0 aliphatic heterocycles. The molecule has 1 aromatic carbocycles. The zero-order chi connectivity index (χ0) is 17.5. The third-order valence-electron chi connectivity index (χ3n) is 2.79. The first-order valence-electron chi connectivity index (χ1n) is 7.32. The van der Waals surface area contributed by atoms with Gasteiger partial charge in [-0.1, -0.05) is 24.3 Å². The number of ether oxygens (including phenoxy) is 1. The smallest absolute Gasteiger partial charge is 0.408 e. The predicted octanol–water partition coefficient (Wildman–Crippen LogP) is 1.60. The van der Waals surface area contributed by atoms with Crippen LogP contribution in [0.25, 0.3) is 0 Å². The van der Waals surface area contributed by atoms with Gasteiger partial charge in [0.15, 0.2) is 0 Å². The average Bonchev–Trinajstić information content (AvgIpc) is 2.44. The highest BCUT2D eigenvalue weighted by Gasteiger charge is 2.27. The lowest BCUT2D eigenvalue weighted by Crippen LogP contribution is -2.43. The molecule has 0 saturated carbocycles. The second-order valence-corrected chi connectivity index (χ2v) is 5.97. The monoisotopic (exact) mass is 324 g/mol. The number of aryl methyl sites for hydroxylation is 1. The molecule has 2 amide bonds. The van der Waals surface area contributed by atoms with E-state index < -0.39 is 23.6 Å². The average molecular weight is 324 g/mol. The number of aliphatic hydroxyl groups excluding tert-OH is 1. The molecule has 0 saturated heterocycles. The van der Waals surface area contributed by atoms with Crippen LogP contribution in [0, 0.1) is 6.92 Å². The molecular formula is C16H24N2O5.